The second-order valence-corrected chi connectivity index (χ2v) is 4.80. The van der Waals surface area contributed by atoms with Crippen molar-refractivity contribution in [2.24, 2.45) is 0 Å². The molecular formula is C17H14FNO2. The zero-order chi connectivity index (χ0) is 14.8. The molecular weight excluding hydrogens is 269 g/mol. The molecule has 0 fully saturated rings. The van der Waals surface area contributed by atoms with E-state index in [1.807, 2.05) is 34.9 Å². The number of esters is 1. The molecule has 0 aliphatic carbocycles. The Morgan fingerprint density at radius 3 is 2.71 bits per heavy atom. The van der Waals surface area contributed by atoms with Gasteiger partial charge in [0.05, 0.1) is 7.11 Å². The molecule has 3 rings (SSSR count). The second-order valence-electron chi connectivity index (χ2n) is 4.80. The van der Waals surface area contributed by atoms with E-state index in [2.05, 4.69) is 0 Å². The minimum absolute atomic E-state index is 0.288. The minimum atomic E-state index is -0.400. The number of aromatic nitrogens is 1. The lowest BCUT2D eigenvalue weighted by Crippen LogP contribution is -2.11. The molecule has 0 radical (unpaired) electrons. The lowest BCUT2D eigenvalue weighted by atomic mass is 10.2. The van der Waals surface area contributed by atoms with Gasteiger partial charge in [0.2, 0.25) is 0 Å². The van der Waals surface area contributed by atoms with Gasteiger partial charge in [-0.25, -0.2) is 9.18 Å². The van der Waals surface area contributed by atoms with Gasteiger partial charge < -0.3 is 9.30 Å². The first-order chi connectivity index (χ1) is 10.2. The predicted molar refractivity (Wildman–Crippen MR) is 78.8 cm³/mol. The summed E-state index contributed by atoms with van der Waals surface area (Å²) in [5.41, 5.74) is 2.17. The second kappa shape index (κ2) is 5.40. The van der Waals surface area contributed by atoms with Crippen molar-refractivity contribution in [3.05, 3.63) is 71.7 Å². The highest BCUT2D eigenvalue weighted by Gasteiger charge is 2.16. The Labute approximate surface area is 121 Å². The Morgan fingerprint density at radius 1 is 1.14 bits per heavy atom. The van der Waals surface area contributed by atoms with Gasteiger partial charge in [0.1, 0.15) is 11.5 Å². The monoisotopic (exact) mass is 283 g/mol. The van der Waals surface area contributed by atoms with Crippen molar-refractivity contribution in [2.45, 2.75) is 6.54 Å². The van der Waals surface area contributed by atoms with E-state index in [9.17, 15) is 9.18 Å². The normalized spacial score (nSPS) is 10.8. The van der Waals surface area contributed by atoms with Crippen LogP contribution in [-0.4, -0.2) is 17.6 Å². The number of methoxy groups -OCH3 is 1. The third-order valence-corrected chi connectivity index (χ3v) is 3.43. The van der Waals surface area contributed by atoms with Gasteiger partial charge in [-0.2, -0.15) is 0 Å². The molecule has 0 spiro atoms. The fraction of sp³-hybridized carbons (Fsp3) is 0.118. The van der Waals surface area contributed by atoms with Crippen molar-refractivity contribution in [3.8, 4) is 0 Å². The lowest BCUT2D eigenvalue weighted by Gasteiger charge is -2.10. The fourth-order valence-electron chi connectivity index (χ4n) is 2.47. The van der Waals surface area contributed by atoms with Gasteiger partial charge in [-0.3, -0.25) is 0 Å². The average Bonchev–Trinajstić information content (AvgIpc) is 2.85. The van der Waals surface area contributed by atoms with E-state index in [1.54, 1.807) is 12.1 Å². The minimum Gasteiger partial charge on any atom is -0.464 e. The first-order valence-corrected chi connectivity index (χ1v) is 6.60. The maximum atomic E-state index is 13.3. The number of hydrogen-bond donors (Lipinski definition) is 0. The molecule has 21 heavy (non-hydrogen) atoms. The van der Waals surface area contributed by atoms with Gasteiger partial charge in [0, 0.05) is 17.4 Å². The van der Waals surface area contributed by atoms with Crippen molar-refractivity contribution in [1.82, 2.24) is 4.57 Å². The van der Waals surface area contributed by atoms with Crippen LogP contribution in [0.2, 0.25) is 0 Å². The van der Waals surface area contributed by atoms with E-state index >= 15 is 0 Å². The Bertz CT molecular complexity index is 807. The van der Waals surface area contributed by atoms with Gasteiger partial charge in [0.15, 0.2) is 0 Å². The topological polar surface area (TPSA) is 31.2 Å². The summed E-state index contributed by atoms with van der Waals surface area (Å²) in [6.45, 7) is 0.412. The molecule has 2 aromatic carbocycles. The molecule has 0 amide bonds. The summed E-state index contributed by atoms with van der Waals surface area (Å²) >= 11 is 0. The van der Waals surface area contributed by atoms with Crippen LogP contribution in [0.15, 0.2) is 54.6 Å². The van der Waals surface area contributed by atoms with Gasteiger partial charge >= 0.3 is 5.97 Å². The number of halogens is 1. The van der Waals surface area contributed by atoms with E-state index in [0.717, 1.165) is 16.5 Å². The molecule has 1 aromatic heterocycles. The standard InChI is InChI=1S/C17H14FNO2/c1-21-17(20)16-10-13-6-2-3-8-15(13)19(16)11-12-5-4-7-14(18)9-12/h2-10H,11H2,1H3. The van der Waals surface area contributed by atoms with E-state index in [-0.39, 0.29) is 5.82 Å². The van der Waals surface area contributed by atoms with E-state index in [1.165, 1.54) is 19.2 Å². The van der Waals surface area contributed by atoms with Gasteiger partial charge in [-0.15, -0.1) is 0 Å². The van der Waals surface area contributed by atoms with Crippen molar-refractivity contribution in [3.63, 3.8) is 0 Å². The predicted octanol–water partition coefficient (Wildman–Crippen LogP) is 3.62. The summed E-state index contributed by atoms with van der Waals surface area (Å²) in [7, 11) is 1.35. The van der Waals surface area contributed by atoms with Crippen molar-refractivity contribution < 1.29 is 13.9 Å². The summed E-state index contributed by atoms with van der Waals surface area (Å²) in [4.78, 5) is 11.9. The maximum Gasteiger partial charge on any atom is 0.354 e. The number of carbonyl (C=O) groups is 1. The van der Waals surface area contributed by atoms with Crippen molar-refractivity contribution in [1.29, 1.82) is 0 Å². The SMILES string of the molecule is COC(=O)c1cc2ccccc2n1Cc1cccc(F)c1. The molecule has 0 saturated carbocycles. The van der Waals surface area contributed by atoms with Crippen molar-refractivity contribution >= 4 is 16.9 Å². The maximum absolute atomic E-state index is 13.3. The Kier molecular flexibility index (Phi) is 3.44. The zero-order valence-electron chi connectivity index (χ0n) is 11.5. The van der Waals surface area contributed by atoms with E-state index in [0.29, 0.717) is 12.2 Å². The number of hydrogen-bond acceptors (Lipinski definition) is 2. The van der Waals surface area contributed by atoms with Gasteiger partial charge in [-0.05, 0) is 29.8 Å². The molecule has 4 heteroatoms. The van der Waals surface area contributed by atoms with Crippen LogP contribution in [0, 0.1) is 5.82 Å². The van der Waals surface area contributed by atoms with Crippen LogP contribution >= 0.6 is 0 Å². The zero-order valence-corrected chi connectivity index (χ0v) is 11.5. The summed E-state index contributed by atoms with van der Waals surface area (Å²) in [5, 5.41) is 0.953. The molecule has 0 unspecified atom stereocenters. The molecule has 1 heterocycles. The van der Waals surface area contributed by atoms with Crippen LogP contribution in [0.25, 0.3) is 10.9 Å². The number of benzene rings is 2. The molecule has 106 valence electrons. The van der Waals surface area contributed by atoms with Crippen LogP contribution in [0.3, 0.4) is 0 Å². The van der Waals surface area contributed by atoms with Crippen molar-refractivity contribution in [2.75, 3.05) is 7.11 Å². The first kappa shape index (κ1) is 13.4. The molecule has 0 bridgehead atoms. The van der Waals surface area contributed by atoms with Crippen LogP contribution in [0.1, 0.15) is 16.1 Å². The first-order valence-electron chi connectivity index (χ1n) is 6.60. The summed E-state index contributed by atoms with van der Waals surface area (Å²) in [6.07, 6.45) is 0. The van der Waals surface area contributed by atoms with E-state index in [4.69, 9.17) is 4.74 Å². The number of ether oxygens (including phenoxy) is 1. The molecule has 0 saturated heterocycles. The fourth-order valence-corrected chi connectivity index (χ4v) is 2.47. The summed E-state index contributed by atoms with van der Waals surface area (Å²) in [6, 6.07) is 15.8. The molecule has 0 aliphatic rings. The number of para-hydroxylation sites is 1. The molecule has 0 N–H and O–H groups in total. The molecule has 0 atom stereocenters. The molecule has 0 aliphatic heterocycles. The number of carbonyl (C=O) groups excluding carboxylic acids is 1. The Hall–Kier alpha value is -2.62. The summed E-state index contributed by atoms with van der Waals surface area (Å²) in [5.74, 6) is -0.689. The van der Waals surface area contributed by atoms with E-state index < -0.39 is 5.97 Å². The van der Waals surface area contributed by atoms with Crippen LogP contribution < -0.4 is 0 Å². The Balaban J connectivity index is 2.13. The molecule has 3 nitrogen and oxygen atoms in total. The highest BCUT2D eigenvalue weighted by Crippen LogP contribution is 2.22. The highest BCUT2D eigenvalue weighted by molar-refractivity contribution is 5.95. The van der Waals surface area contributed by atoms with Gasteiger partial charge in [-0.1, -0.05) is 30.3 Å². The number of fused-ring (bicyclic) bond motifs is 1. The number of rotatable bonds is 3. The number of nitrogens with zero attached hydrogens (tertiary/aromatic N) is 1. The van der Waals surface area contributed by atoms with Gasteiger partial charge in [0.25, 0.3) is 0 Å². The smallest absolute Gasteiger partial charge is 0.354 e. The van der Waals surface area contributed by atoms with Crippen LogP contribution in [0.5, 0.6) is 0 Å². The lowest BCUT2D eigenvalue weighted by molar-refractivity contribution is 0.0589. The third-order valence-electron chi connectivity index (χ3n) is 3.43. The van der Waals surface area contributed by atoms with Crippen LogP contribution in [-0.2, 0) is 11.3 Å². The largest absolute Gasteiger partial charge is 0.464 e. The average molecular weight is 283 g/mol. The Morgan fingerprint density at radius 2 is 1.95 bits per heavy atom. The van der Waals surface area contributed by atoms with Crippen LogP contribution in [0.4, 0.5) is 4.39 Å². The quantitative estimate of drug-likeness (QED) is 0.687. The third kappa shape index (κ3) is 2.52. The highest BCUT2D eigenvalue weighted by atomic mass is 19.1. The summed E-state index contributed by atoms with van der Waals surface area (Å²) < 4.78 is 20.0. The molecule has 3 aromatic rings.